The first-order valence-electron chi connectivity index (χ1n) is 11.3. The van der Waals surface area contributed by atoms with Crippen molar-refractivity contribution in [1.29, 1.82) is 0 Å². The third-order valence-corrected chi connectivity index (χ3v) is 7.14. The lowest BCUT2D eigenvalue weighted by Gasteiger charge is -2.37. The molecule has 168 valence electrons. The van der Waals surface area contributed by atoms with Crippen molar-refractivity contribution in [1.82, 2.24) is 14.7 Å². The van der Waals surface area contributed by atoms with Gasteiger partial charge < -0.3 is 19.4 Å². The maximum atomic E-state index is 13.1. The number of carbonyl (C=O) groups is 3. The number of hydrogen-bond acceptors (Lipinski definition) is 5. The lowest BCUT2D eigenvalue weighted by Crippen LogP contribution is -2.50. The number of ketones is 1. The zero-order valence-electron chi connectivity index (χ0n) is 18.8. The molecule has 7 heteroatoms. The van der Waals surface area contributed by atoms with E-state index in [-0.39, 0.29) is 30.4 Å². The molecule has 3 atom stereocenters. The highest BCUT2D eigenvalue weighted by Gasteiger charge is 2.44. The molecule has 0 aromatic heterocycles. The van der Waals surface area contributed by atoms with Crippen molar-refractivity contribution in [3.8, 4) is 5.75 Å². The van der Waals surface area contributed by atoms with Crippen molar-refractivity contribution < 1.29 is 19.1 Å². The average molecular weight is 428 g/mol. The number of nitrogens with zero attached hydrogens (tertiary/aromatic N) is 3. The molecule has 7 nitrogen and oxygen atoms in total. The zero-order chi connectivity index (χ0) is 22.2. The topological polar surface area (TPSA) is 70.2 Å². The third-order valence-electron chi connectivity index (χ3n) is 7.14. The van der Waals surface area contributed by atoms with Gasteiger partial charge in [0.25, 0.3) is 0 Å². The second kappa shape index (κ2) is 8.61. The largest absolute Gasteiger partial charge is 0.486 e. The summed E-state index contributed by atoms with van der Waals surface area (Å²) in [6.07, 6.45) is 2.70. The normalized spacial score (nSPS) is 27.6. The highest BCUT2D eigenvalue weighted by atomic mass is 16.5. The molecular formula is C24H33N3O4. The van der Waals surface area contributed by atoms with Crippen molar-refractivity contribution in [3.63, 3.8) is 0 Å². The van der Waals surface area contributed by atoms with Gasteiger partial charge in [-0.3, -0.25) is 14.4 Å². The molecule has 1 spiro atoms. The first kappa shape index (κ1) is 21.8. The molecule has 1 aromatic carbocycles. The number of para-hydroxylation sites is 1. The van der Waals surface area contributed by atoms with Crippen LogP contribution < -0.4 is 4.74 Å². The Morgan fingerprint density at radius 1 is 1.26 bits per heavy atom. The Kier molecular flexibility index (Phi) is 6.06. The number of amides is 2. The Labute approximate surface area is 184 Å². The molecule has 2 saturated heterocycles. The van der Waals surface area contributed by atoms with Crippen molar-refractivity contribution in [3.05, 3.63) is 29.8 Å². The minimum absolute atomic E-state index is 0.0233. The number of hydrogen-bond donors (Lipinski definition) is 0. The smallest absolute Gasteiger partial charge is 0.244 e. The van der Waals surface area contributed by atoms with E-state index in [1.807, 2.05) is 32.2 Å². The number of ether oxygens (including phenoxy) is 1. The summed E-state index contributed by atoms with van der Waals surface area (Å²) in [6, 6.07) is 6.79. The molecule has 0 N–H and O–H groups in total. The fourth-order valence-corrected chi connectivity index (χ4v) is 5.29. The van der Waals surface area contributed by atoms with Crippen molar-refractivity contribution in [2.24, 2.45) is 5.92 Å². The Morgan fingerprint density at radius 3 is 2.77 bits per heavy atom. The van der Waals surface area contributed by atoms with Crippen LogP contribution in [0.2, 0.25) is 0 Å². The maximum absolute atomic E-state index is 13.1. The molecule has 31 heavy (non-hydrogen) atoms. The zero-order valence-corrected chi connectivity index (χ0v) is 18.8. The van der Waals surface area contributed by atoms with Crippen LogP contribution >= 0.6 is 0 Å². The van der Waals surface area contributed by atoms with Crippen LogP contribution in [0.5, 0.6) is 5.75 Å². The fraction of sp³-hybridized carbons (Fsp3) is 0.625. The average Bonchev–Trinajstić information content (AvgIpc) is 3.09. The van der Waals surface area contributed by atoms with E-state index in [0.717, 1.165) is 19.5 Å². The Hall–Kier alpha value is -2.41. The van der Waals surface area contributed by atoms with Gasteiger partial charge in [0.1, 0.15) is 17.4 Å². The van der Waals surface area contributed by atoms with Crippen LogP contribution in [0.15, 0.2) is 24.3 Å². The summed E-state index contributed by atoms with van der Waals surface area (Å²) in [5, 5.41) is 0. The highest BCUT2D eigenvalue weighted by molar-refractivity contribution is 6.00. The number of rotatable bonds is 4. The van der Waals surface area contributed by atoms with Crippen molar-refractivity contribution in [2.75, 3.05) is 40.3 Å². The second-order valence-electron chi connectivity index (χ2n) is 9.53. The van der Waals surface area contributed by atoms with Crippen LogP contribution in [0.25, 0.3) is 0 Å². The van der Waals surface area contributed by atoms with Gasteiger partial charge in [-0.1, -0.05) is 12.1 Å². The highest BCUT2D eigenvalue weighted by Crippen LogP contribution is 2.39. The quantitative estimate of drug-likeness (QED) is 0.737. The summed E-state index contributed by atoms with van der Waals surface area (Å²) in [4.78, 5) is 44.5. The van der Waals surface area contributed by atoms with E-state index in [0.29, 0.717) is 43.2 Å². The predicted octanol–water partition coefficient (Wildman–Crippen LogP) is 2.20. The van der Waals surface area contributed by atoms with E-state index in [9.17, 15) is 14.4 Å². The molecule has 3 aliphatic rings. The second-order valence-corrected chi connectivity index (χ2v) is 9.53. The summed E-state index contributed by atoms with van der Waals surface area (Å²) in [5.41, 5.74) is -0.0536. The standard InChI is InChI=1S/C24H33N3O4/c1-17(23(30)26(3)16-18-9-12-25(2)15-18)27-13-11-24(10-8-22(27)29)14-20(28)19-6-4-5-7-21(19)31-24/h4-7,17-18H,8-16H2,1-3H3/t17-,18-,24-/m1/s1. The number of Topliss-reactive ketones (excluding diaryl/α,β-unsaturated/α-hetero) is 1. The number of carbonyl (C=O) groups excluding carboxylic acids is 3. The number of likely N-dealkylation sites (tertiary alicyclic amines) is 2. The summed E-state index contributed by atoms with van der Waals surface area (Å²) < 4.78 is 6.29. The number of benzene rings is 1. The summed E-state index contributed by atoms with van der Waals surface area (Å²) in [7, 11) is 3.94. The summed E-state index contributed by atoms with van der Waals surface area (Å²) >= 11 is 0. The van der Waals surface area contributed by atoms with E-state index in [2.05, 4.69) is 11.9 Å². The fourth-order valence-electron chi connectivity index (χ4n) is 5.29. The van der Waals surface area contributed by atoms with Gasteiger partial charge in [-0.25, -0.2) is 0 Å². The molecule has 0 aliphatic carbocycles. The molecule has 3 heterocycles. The van der Waals surface area contributed by atoms with Crippen LogP contribution in [-0.2, 0) is 9.59 Å². The van der Waals surface area contributed by atoms with E-state index < -0.39 is 11.6 Å². The van der Waals surface area contributed by atoms with Gasteiger partial charge in [-0.15, -0.1) is 0 Å². The predicted molar refractivity (Wildman–Crippen MR) is 117 cm³/mol. The first-order valence-corrected chi connectivity index (χ1v) is 11.3. The molecule has 0 unspecified atom stereocenters. The number of fused-ring (bicyclic) bond motifs is 1. The Balaban J connectivity index is 1.42. The lowest BCUT2D eigenvalue weighted by atomic mass is 9.84. The van der Waals surface area contributed by atoms with E-state index in [1.165, 1.54) is 0 Å². The van der Waals surface area contributed by atoms with Gasteiger partial charge in [0.2, 0.25) is 11.8 Å². The van der Waals surface area contributed by atoms with E-state index in [1.54, 1.807) is 15.9 Å². The molecule has 0 radical (unpaired) electrons. The Bertz CT molecular complexity index is 872. The molecule has 4 rings (SSSR count). The SMILES string of the molecule is C[C@H](C(=O)N(C)C[C@@H]1CCN(C)C1)N1CC[C@]2(CCC1=O)CC(=O)c1ccccc1O2. The van der Waals surface area contributed by atoms with E-state index in [4.69, 9.17) is 4.74 Å². The van der Waals surface area contributed by atoms with Gasteiger partial charge in [0, 0.05) is 39.5 Å². The van der Waals surface area contributed by atoms with E-state index >= 15 is 0 Å². The third kappa shape index (κ3) is 4.47. The summed E-state index contributed by atoms with van der Waals surface area (Å²) in [6.45, 7) is 5.02. The monoisotopic (exact) mass is 427 g/mol. The van der Waals surface area contributed by atoms with Crippen molar-refractivity contribution in [2.45, 2.75) is 50.7 Å². The molecule has 0 bridgehead atoms. The van der Waals surface area contributed by atoms with Crippen LogP contribution in [-0.4, -0.2) is 84.2 Å². The van der Waals surface area contributed by atoms with Gasteiger partial charge in [0.05, 0.1) is 12.0 Å². The first-order chi connectivity index (χ1) is 14.8. The number of likely N-dealkylation sites (N-methyl/N-ethyl adjacent to an activating group) is 1. The van der Waals surface area contributed by atoms with Crippen molar-refractivity contribution >= 4 is 17.6 Å². The maximum Gasteiger partial charge on any atom is 0.244 e. The minimum atomic E-state index is -0.668. The van der Waals surface area contributed by atoms with Crippen LogP contribution in [0.3, 0.4) is 0 Å². The van der Waals surface area contributed by atoms with Gasteiger partial charge in [-0.05, 0) is 51.4 Å². The lowest BCUT2D eigenvalue weighted by molar-refractivity contribution is -0.144. The van der Waals surface area contributed by atoms with Gasteiger partial charge in [0.15, 0.2) is 5.78 Å². The van der Waals surface area contributed by atoms with Gasteiger partial charge in [-0.2, -0.15) is 0 Å². The molecule has 0 saturated carbocycles. The van der Waals surface area contributed by atoms with Crippen LogP contribution in [0.1, 0.15) is 49.4 Å². The molecule has 2 fully saturated rings. The van der Waals surface area contributed by atoms with Gasteiger partial charge >= 0.3 is 0 Å². The van der Waals surface area contributed by atoms with Crippen LogP contribution in [0, 0.1) is 5.92 Å². The molecule has 1 aromatic rings. The van der Waals surface area contributed by atoms with Crippen LogP contribution in [0.4, 0.5) is 0 Å². The molecular weight excluding hydrogens is 394 g/mol. The Morgan fingerprint density at radius 2 is 2.03 bits per heavy atom. The minimum Gasteiger partial charge on any atom is -0.486 e. The molecule has 3 aliphatic heterocycles. The molecule has 2 amide bonds. The summed E-state index contributed by atoms with van der Waals surface area (Å²) in [5.74, 6) is 1.08.